The van der Waals surface area contributed by atoms with Crippen molar-refractivity contribution in [1.29, 1.82) is 0 Å². The molecule has 1 aliphatic rings. The molecular formula is C30H27N3O7S. The third-order valence-corrected chi connectivity index (χ3v) is 7.83. The molecule has 4 aromatic rings. The standard InChI is InChI=1S/C30H27N3O7S/c1-6-39-29(35)26-18(4)31-30-32(27(26)19-8-7-16(2)24(14-19)38-5)28(34)25(41-30)15-21-10-12-23(40-21)22-11-9-20(33(36)37)13-17(22)3/h7-15,27H,6H2,1-5H3/b25-15+/t27-/m1/s1. The highest BCUT2D eigenvalue weighted by Crippen LogP contribution is 2.33. The monoisotopic (exact) mass is 573 g/mol. The zero-order valence-electron chi connectivity index (χ0n) is 23.1. The van der Waals surface area contributed by atoms with Crippen molar-refractivity contribution in [1.82, 2.24) is 4.57 Å². The van der Waals surface area contributed by atoms with Gasteiger partial charge < -0.3 is 13.9 Å². The normalized spacial score (nSPS) is 15.0. The molecule has 0 spiro atoms. The van der Waals surface area contributed by atoms with Crippen molar-refractivity contribution in [2.24, 2.45) is 4.99 Å². The maximum Gasteiger partial charge on any atom is 0.338 e. The van der Waals surface area contributed by atoms with Gasteiger partial charge in [-0.3, -0.25) is 19.5 Å². The summed E-state index contributed by atoms with van der Waals surface area (Å²) in [5, 5.41) is 11.1. The van der Waals surface area contributed by atoms with E-state index in [9.17, 15) is 19.7 Å². The number of furan rings is 1. The molecule has 11 heteroatoms. The highest BCUT2D eigenvalue weighted by molar-refractivity contribution is 7.07. The van der Waals surface area contributed by atoms with E-state index >= 15 is 0 Å². The van der Waals surface area contributed by atoms with Gasteiger partial charge in [-0.15, -0.1) is 0 Å². The van der Waals surface area contributed by atoms with Crippen LogP contribution in [0.4, 0.5) is 5.69 Å². The SMILES string of the molecule is CCOC(=O)C1=C(C)N=c2s/c(=C/c3ccc(-c4ccc([N+](=O)[O-])cc4C)o3)c(=O)n2[C@@H]1c1ccc(C)c(OC)c1. The van der Waals surface area contributed by atoms with Crippen molar-refractivity contribution < 1.29 is 23.6 Å². The Morgan fingerprint density at radius 3 is 2.61 bits per heavy atom. The molecule has 41 heavy (non-hydrogen) atoms. The largest absolute Gasteiger partial charge is 0.496 e. The number of aryl methyl sites for hydroxylation is 2. The summed E-state index contributed by atoms with van der Waals surface area (Å²) < 4.78 is 18.8. The highest BCUT2D eigenvalue weighted by atomic mass is 32.1. The minimum Gasteiger partial charge on any atom is -0.496 e. The Balaban J connectivity index is 1.63. The molecule has 1 atom stereocenters. The Labute approximate surface area is 238 Å². The molecule has 3 heterocycles. The summed E-state index contributed by atoms with van der Waals surface area (Å²) in [5.41, 5.74) is 3.41. The summed E-state index contributed by atoms with van der Waals surface area (Å²) in [4.78, 5) is 42.7. The number of nitro groups is 1. The van der Waals surface area contributed by atoms with E-state index in [4.69, 9.17) is 13.9 Å². The van der Waals surface area contributed by atoms with Crippen molar-refractivity contribution >= 4 is 29.1 Å². The number of methoxy groups -OCH3 is 1. The fourth-order valence-corrected chi connectivity index (χ4v) is 5.88. The molecule has 210 valence electrons. The van der Waals surface area contributed by atoms with Gasteiger partial charge in [0.25, 0.3) is 11.2 Å². The zero-order chi connectivity index (χ0) is 29.4. The van der Waals surface area contributed by atoms with Crippen LogP contribution >= 0.6 is 11.3 Å². The van der Waals surface area contributed by atoms with Crippen LogP contribution in [-0.2, 0) is 9.53 Å². The van der Waals surface area contributed by atoms with Crippen LogP contribution in [0.2, 0.25) is 0 Å². The first-order chi connectivity index (χ1) is 19.6. The second kappa shape index (κ2) is 11.0. The van der Waals surface area contributed by atoms with E-state index in [2.05, 4.69) is 4.99 Å². The molecule has 0 bridgehead atoms. The van der Waals surface area contributed by atoms with E-state index < -0.39 is 16.9 Å². The van der Waals surface area contributed by atoms with Crippen LogP contribution in [0.1, 0.15) is 42.3 Å². The molecule has 0 amide bonds. The van der Waals surface area contributed by atoms with Crippen molar-refractivity contribution in [3.05, 3.63) is 112 Å². The molecule has 0 saturated heterocycles. The van der Waals surface area contributed by atoms with Crippen LogP contribution in [0, 0.1) is 24.0 Å². The Morgan fingerprint density at radius 2 is 1.93 bits per heavy atom. The number of allylic oxidation sites excluding steroid dienone is 1. The molecule has 0 radical (unpaired) electrons. The average Bonchev–Trinajstić information content (AvgIpc) is 3.52. The predicted molar refractivity (Wildman–Crippen MR) is 154 cm³/mol. The molecule has 2 aromatic carbocycles. The maximum atomic E-state index is 13.9. The maximum absolute atomic E-state index is 13.9. The lowest BCUT2D eigenvalue weighted by Crippen LogP contribution is -2.40. The van der Waals surface area contributed by atoms with E-state index in [1.807, 2.05) is 25.1 Å². The van der Waals surface area contributed by atoms with Gasteiger partial charge in [0.15, 0.2) is 4.80 Å². The zero-order valence-corrected chi connectivity index (χ0v) is 23.9. The van der Waals surface area contributed by atoms with E-state index in [1.165, 1.54) is 28.0 Å². The number of nitro benzene ring substituents is 1. The fourth-order valence-electron chi connectivity index (χ4n) is 4.86. The smallest absolute Gasteiger partial charge is 0.338 e. The molecule has 10 nitrogen and oxygen atoms in total. The van der Waals surface area contributed by atoms with Crippen LogP contribution in [0.25, 0.3) is 17.4 Å². The van der Waals surface area contributed by atoms with Crippen molar-refractivity contribution in [3.8, 4) is 17.1 Å². The third kappa shape index (κ3) is 5.11. The number of benzene rings is 2. The summed E-state index contributed by atoms with van der Waals surface area (Å²) in [5.74, 6) is 1.04. The Morgan fingerprint density at radius 1 is 1.15 bits per heavy atom. The molecule has 0 N–H and O–H groups in total. The second-order valence-corrected chi connectivity index (χ2v) is 10.5. The number of aromatic nitrogens is 1. The van der Waals surface area contributed by atoms with Crippen LogP contribution in [0.15, 0.2) is 74.0 Å². The number of hydrogen-bond acceptors (Lipinski definition) is 9. The Hall–Kier alpha value is -4.77. The number of esters is 1. The van der Waals surface area contributed by atoms with Crippen molar-refractivity contribution in [3.63, 3.8) is 0 Å². The van der Waals surface area contributed by atoms with Crippen LogP contribution in [0.5, 0.6) is 5.75 Å². The number of ether oxygens (including phenoxy) is 2. The van der Waals surface area contributed by atoms with Gasteiger partial charge in [-0.1, -0.05) is 23.5 Å². The predicted octanol–water partition coefficient (Wildman–Crippen LogP) is 4.59. The lowest BCUT2D eigenvalue weighted by molar-refractivity contribution is -0.384. The molecule has 0 saturated carbocycles. The average molecular weight is 574 g/mol. The van der Waals surface area contributed by atoms with E-state index in [0.717, 1.165) is 5.56 Å². The second-order valence-electron chi connectivity index (χ2n) is 9.49. The molecule has 0 unspecified atom stereocenters. The quantitative estimate of drug-likeness (QED) is 0.180. The molecule has 0 aliphatic carbocycles. The van der Waals surface area contributed by atoms with Crippen LogP contribution < -0.4 is 19.6 Å². The van der Waals surface area contributed by atoms with Gasteiger partial charge in [0.05, 0.1) is 40.5 Å². The molecular weight excluding hydrogens is 546 g/mol. The number of rotatable bonds is 7. The molecule has 1 aliphatic heterocycles. The summed E-state index contributed by atoms with van der Waals surface area (Å²) in [6, 6.07) is 12.8. The number of non-ortho nitro benzene ring substituents is 1. The number of carbonyl (C=O) groups excluding carboxylic acids is 1. The summed E-state index contributed by atoms with van der Waals surface area (Å²) in [6.07, 6.45) is 1.63. The Bertz CT molecular complexity index is 1910. The minimum absolute atomic E-state index is 0.00243. The highest BCUT2D eigenvalue weighted by Gasteiger charge is 2.33. The molecule has 2 aromatic heterocycles. The van der Waals surface area contributed by atoms with Gasteiger partial charge in [-0.2, -0.15) is 0 Å². The first-order valence-corrected chi connectivity index (χ1v) is 13.6. The number of nitrogens with zero attached hydrogens (tertiary/aromatic N) is 3. The fraction of sp³-hybridized carbons (Fsp3) is 0.233. The topological polar surface area (TPSA) is 126 Å². The molecule has 0 fully saturated rings. The van der Waals surface area contributed by atoms with E-state index in [1.54, 1.807) is 52.2 Å². The third-order valence-electron chi connectivity index (χ3n) is 6.85. The van der Waals surface area contributed by atoms with Gasteiger partial charge in [0.2, 0.25) is 0 Å². The van der Waals surface area contributed by atoms with E-state index in [0.29, 0.717) is 49.0 Å². The number of carbonyl (C=O) groups is 1. The van der Waals surface area contributed by atoms with Gasteiger partial charge in [0.1, 0.15) is 17.3 Å². The summed E-state index contributed by atoms with van der Waals surface area (Å²) in [6.45, 7) is 7.32. The number of hydrogen-bond donors (Lipinski definition) is 0. The molecule has 5 rings (SSSR count). The first-order valence-electron chi connectivity index (χ1n) is 12.8. The van der Waals surface area contributed by atoms with Gasteiger partial charge >= 0.3 is 5.97 Å². The van der Waals surface area contributed by atoms with Gasteiger partial charge in [-0.25, -0.2) is 9.79 Å². The van der Waals surface area contributed by atoms with Crippen LogP contribution in [0.3, 0.4) is 0 Å². The summed E-state index contributed by atoms with van der Waals surface area (Å²) in [7, 11) is 1.57. The van der Waals surface area contributed by atoms with E-state index in [-0.39, 0.29) is 23.4 Å². The lowest BCUT2D eigenvalue weighted by Gasteiger charge is -2.25. The van der Waals surface area contributed by atoms with Crippen LogP contribution in [-0.4, -0.2) is 29.2 Å². The van der Waals surface area contributed by atoms with Crippen molar-refractivity contribution in [2.75, 3.05) is 13.7 Å². The number of thiazole rings is 1. The van der Waals surface area contributed by atoms with Gasteiger partial charge in [0, 0.05) is 23.8 Å². The first kappa shape index (κ1) is 27.8. The number of fused-ring (bicyclic) bond motifs is 1. The Kier molecular flexibility index (Phi) is 7.46. The lowest BCUT2D eigenvalue weighted by atomic mass is 9.95. The van der Waals surface area contributed by atoms with Crippen molar-refractivity contribution in [2.45, 2.75) is 33.7 Å². The van der Waals surface area contributed by atoms with Gasteiger partial charge in [-0.05, 0) is 68.7 Å². The minimum atomic E-state index is -0.767. The summed E-state index contributed by atoms with van der Waals surface area (Å²) >= 11 is 1.19.